The molecule has 114 valence electrons. The molecule has 1 atom stereocenters. The summed E-state index contributed by atoms with van der Waals surface area (Å²) in [5, 5.41) is 11.4. The summed E-state index contributed by atoms with van der Waals surface area (Å²) >= 11 is 0. The van der Waals surface area contributed by atoms with Crippen molar-refractivity contribution in [1.29, 1.82) is 0 Å². The SMILES string of the molecule is CNC(C)(CCCOCC(F)(F)C(F)(F)F)C(=O)O. The highest BCUT2D eigenvalue weighted by molar-refractivity contribution is 5.78. The Balaban J connectivity index is 4.04. The fourth-order valence-corrected chi connectivity index (χ4v) is 1.15. The molecule has 4 nitrogen and oxygen atoms in total. The molecule has 0 aliphatic heterocycles. The zero-order valence-corrected chi connectivity index (χ0v) is 10.5. The van der Waals surface area contributed by atoms with E-state index in [4.69, 9.17) is 5.11 Å². The maximum Gasteiger partial charge on any atom is 0.455 e. The van der Waals surface area contributed by atoms with Gasteiger partial charge in [-0.05, 0) is 26.8 Å². The third kappa shape index (κ3) is 5.27. The van der Waals surface area contributed by atoms with Crippen molar-refractivity contribution in [1.82, 2.24) is 5.32 Å². The van der Waals surface area contributed by atoms with Crippen molar-refractivity contribution in [2.24, 2.45) is 0 Å². The van der Waals surface area contributed by atoms with Gasteiger partial charge in [-0.25, -0.2) is 0 Å². The van der Waals surface area contributed by atoms with Gasteiger partial charge in [0.1, 0.15) is 12.1 Å². The van der Waals surface area contributed by atoms with E-state index < -0.39 is 30.2 Å². The number of ether oxygens (including phenoxy) is 1. The van der Waals surface area contributed by atoms with Crippen LogP contribution in [-0.4, -0.2) is 49.0 Å². The lowest BCUT2D eigenvalue weighted by Gasteiger charge is -2.24. The lowest BCUT2D eigenvalue weighted by molar-refractivity contribution is -0.296. The molecule has 0 amide bonds. The van der Waals surface area contributed by atoms with Crippen LogP contribution < -0.4 is 5.32 Å². The second kappa shape index (κ2) is 6.47. The van der Waals surface area contributed by atoms with Gasteiger partial charge in [-0.3, -0.25) is 4.79 Å². The van der Waals surface area contributed by atoms with Gasteiger partial charge < -0.3 is 15.2 Å². The van der Waals surface area contributed by atoms with E-state index in [0.717, 1.165) is 0 Å². The molecule has 0 aliphatic rings. The third-order valence-electron chi connectivity index (χ3n) is 2.69. The highest BCUT2D eigenvalue weighted by Gasteiger charge is 2.57. The van der Waals surface area contributed by atoms with Gasteiger partial charge in [0.15, 0.2) is 0 Å². The second-order valence-electron chi connectivity index (χ2n) is 4.25. The monoisotopic (exact) mass is 293 g/mol. The number of hydrogen-bond donors (Lipinski definition) is 2. The zero-order valence-electron chi connectivity index (χ0n) is 10.5. The minimum Gasteiger partial charge on any atom is -0.480 e. The Morgan fingerprint density at radius 2 is 1.79 bits per heavy atom. The van der Waals surface area contributed by atoms with Crippen molar-refractivity contribution < 1.29 is 36.6 Å². The normalized spacial score (nSPS) is 16.2. The van der Waals surface area contributed by atoms with Crippen molar-refractivity contribution in [3.63, 3.8) is 0 Å². The number of carboxylic acid groups (broad SMARTS) is 1. The third-order valence-corrected chi connectivity index (χ3v) is 2.69. The first-order chi connectivity index (χ1) is 8.46. The maximum absolute atomic E-state index is 12.4. The lowest BCUT2D eigenvalue weighted by atomic mass is 9.96. The molecule has 0 radical (unpaired) electrons. The molecular formula is C10H16F5NO3. The van der Waals surface area contributed by atoms with Crippen molar-refractivity contribution >= 4 is 5.97 Å². The molecular weight excluding hydrogens is 277 g/mol. The Hall–Kier alpha value is -0.960. The average Bonchev–Trinajstić information content (AvgIpc) is 2.26. The summed E-state index contributed by atoms with van der Waals surface area (Å²) in [5.74, 6) is -6.04. The molecule has 19 heavy (non-hydrogen) atoms. The quantitative estimate of drug-likeness (QED) is 0.531. The molecule has 0 fully saturated rings. The molecule has 0 saturated heterocycles. The van der Waals surface area contributed by atoms with Gasteiger partial charge in [0, 0.05) is 6.61 Å². The van der Waals surface area contributed by atoms with Gasteiger partial charge in [0.2, 0.25) is 0 Å². The van der Waals surface area contributed by atoms with Gasteiger partial charge in [0.25, 0.3) is 0 Å². The predicted molar refractivity (Wildman–Crippen MR) is 56.2 cm³/mol. The summed E-state index contributed by atoms with van der Waals surface area (Å²) in [6.07, 6.45) is -5.57. The van der Waals surface area contributed by atoms with Crippen LogP contribution in [0.3, 0.4) is 0 Å². The zero-order chi connectivity index (χ0) is 15.3. The summed E-state index contributed by atoms with van der Waals surface area (Å²) in [7, 11) is 1.41. The minimum absolute atomic E-state index is 0.0381. The van der Waals surface area contributed by atoms with Crippen molar-refractivity contribution in [3.8, 4) is 0 Å². The van der Waals surface area contributed by atoms with Crippen LogP contribution in [0.25, 0.3) is 0 Å². The van der Waals surface area contributed by atoms with E-state index in [1.807, 2.05) is 0 Å². The summed E-state index contributed by atoms with van der Waals surface area (Å²) in [4.78, 5) is 10.8. The molecule has 0 rings (SSSR count). The van der Waals surface area contributed by atoms with Gasteiger partial charge in [-0.1, -0.05) is 0 Å². The molecule has 0 aromatic heterocycles. The Kier molecular flexibility index (Phi) is 6.14. The molecule has 2 N–H and O–H groups in total. The standard InChI is InChI=1S/C10H16F5NO3/c1-8(16-2,7(17)18)4-3-5-19-6-9(11,12)10(13,14)15/h16H,3-6H2,1-2H3,(H,17,18). The van der Waals surface area contributed by atoms with Crippen LogP contribution in [0.1, 0.15) is 19.8 Å². The Labute approximate surface area is 106 Å². The highest BCUT2D eigenvalue weighted by Crippen LogP contribution is 2.35. The number of alkyl halides is 5. The van der Waals surface area contributed by atoms with Gasteiger partial charge >= 0.3 is 18.1 Å². The Bertz CT molecular complexity index is 308. The fraction of sp³-hybridized carbons (Fsp3) is 0.900. The molecule has 0 saturated carbocycles. The first kappa shape index (κ1) is 18.0. The van der Waals surface area contributed by atoms with Crippen LogP contribution >= 0.6 is 0 Å². The van der Waals surface area contributed by atoms with E-state index in [1.165, 1.54) is 14.0 Å². The van der Waals surface area contributed by atoms with E-state index >= 15 is 0 Å². The fourth-order valence-electron chi connectivity index (χ4n) is 1.15. The van der Waals surface area contributed by atoms with Crippen LogP contribution in [0.2, 0.25) is 0 Å². The van der Waals surface area contributed by atoms with E-state index in [-0.39, 0.29) is 19.4 Å². The first-order valence-corrected chi connectivity index (χ1v) is 5.41. The van der Waals surface area contributed by atoms with Crippen LogP contribution in [-0.2, 0) is 9.53 Å². The number of halogens is 5. The molecule has 0 aromatic carbocycles. The number of rotatable bonds is 8. The first-order valence-electron chi connectivity index (χ1n) is 5.41. The molecule has 1 unspecified atom stereocenters. The van der Waals surface area contributed by atoms with E-state index in [2.05, 4.69) is 10.1 Å². The van der Waals surface area contributed by atoms with Crippen molar-refractivity contribution in [3.05, 3.63) is 0 Å². The van der Waals surface area contributed by atoms with Gasteiger partial charge in [0.05, 0.1) is 0 Å². The average molecular weight is 293 g/mol. The summed E-state index contributed by atoms with van der Waals surface area (Å²) in [6.45, 7) is -0.768. The topological polar surface area (TPSA) is 58.6 Å². The Morgan fingerprint density at radius 3 is 2.16 bits per heavy atom. The van der Waals surface area contributed by atoms with Crippen LogP contribution in [0.4, 0.5) is 22.0 Å². The van der Waals surface area contributed by atoms with E-state index in [1.54, 1.807) is 0 Å². The van der Waals surface area contributed by atoms with E-state index in [9.17, 15) is 26.7 Å². The number of hydrogen-bond acceptors (Lipinski definition) is 3. The summed E-state index contributed by atoms with van der Waals surface area (Å²) in [6, 6.07) is 0. The lowest BCUT2D eigenvalue weighted by Crippen LogP contribution is -2.47. The highest BCUT2D eigenvalue weighted by atomic mass is 19.4. The predicted octanol–water partition coefficient (Wildman–Crippen LogP) is 2.04. The van der Waals surface area contributed by atoms with Crippen LogP contribution in [0.5, 0.6) is 0 Å². The smallest absolute Gasteiger partial charge is 0.455 e. The number of aliphatic carboxylic acids is 1. The molecule has 9 heteroatoms. The van der Waals surface area contributed by atoms with Crippen LogP contribution in [0.15, 0.2) is 0 Å². The second-order valence-corrected chi connectivity index (χ2v) is 4.25. The van der Waals surface area contributed by atoms with Crippen molar-refractivity contribution in [2.75, 3.05) is 20.3 Å². The summed E-state index contributed by atoms with van der Waals surface area (Å²) in [5.41, 5.74) is -1.27. The van der Waals surface area contributed by atoms with Gasteiger partial charge in [-0.15, -0.1) is 0 Å². The number of likely N-dealkylation sites (N-methyl/N-ethyl adjacent to an activating group) is 1. The summed E-state index contributed by atoms with van der Waals surface area (Å²) < 4.78 is 64.4. The largest absolute Gasteiger partial charge is 0.480 e. The maximum atomic E-state index is 12.4. The number of carbonyl (C=O) groups is 1. The molecule has 0 aliphatic carbocycles. The van der Waals surface area contributed by atoms with Crippen molar-refractivity contribution in [2.45, 2.75) is 37.4 Å². The minimum atomic E-state index is -5.65. The molecule has 0 aromatic rings. The van der Waals surface area contributed by atoms with Crippen LogP contribution in [0, 0.1) is 0 Å². The van der Waals surface area contributed by atoms with Gasteiger partial charge in [-0.2, -0.15) is 22.0 Å². The Morgan fingerprint density at radius 1 is 1.26 bits per heavy atom. The molecule has 0 heterocycles. The number of nitrogens with one attached hydrogen (secondary N) is 1. The molecule has 0 spiro atoms. The van der Waals surface area contributed by atoms with E-state index in [0.29, 0.717) is 0 Å². The molecule has 0 bridgehead atoms. The number of carboxylic acids is 1.